The van der Waals surface area contributed by atoms with E-state index in [2.05, 4.69) is 20.8 Å². The average molecular weight is 392 g/mol. The Morgan fingerprint density at radius 3 is 2.64 bits per heavy atom. The van der Waals surface area contributed by atoms with Gasteiger partial charge in [0.1, 0.15) is 12.3 Å². The normalized spacial score (nSPS) is 11.2. The number of amides is 1. The summed E-state index contributed by atoms with van der Waals surface area (Å²) >= 11 is 2.09. The minimum atomic E-state index is -4.32. The standard InChI is InChI=1S/C14H15F3N4O2S2/c1-23-10-4-2-9(3-5-10)6-18-11(22)7-24-13-21-20-12(25-13)19-8-14(15,16)17/h2-5H,6-8H2,1H3,(H,18,22)(H,19,20). The molecule has 2 aromatic rings. The van der Waals surface area contributed by atoms with Crippen LogP contribution in [-0.2, 0) is 11.3 Å². The number of hydrogen-bond acceptors (Lipinski definition) is 7. The summed E-state index contributed by atoms with van der Waals surface area (Å²) in [5.74, 6) is 0.627. The molecule has 6 nitrogen and oxygen atoms in total. The minimum absolute atomic E-state index is 0.0680. The number of carbonyl (C=O) groups is 1. The maximum absolute atomic E-state index is 12.1. The smallest absolute Gasteiger partial charge is 0.405 e. The van der Waals surface area contributed by atoms with Gasteiger partial charge in [-0.1, -0.05) is 35.2 Å². The lowest BCUT2D eigenvalue weighted by molar-refractivity contribution is -0.118. The summed E-state index contributed by atoms with van der Waals surface area (Å²) in [5, 5.41) is 12.3. The van der Waals surface area contributed by atoms with Gasteiger partial charge >= 0.3 is 6.18 Å². The summed E-state index contributed by atoms with van der Waals surface area (Å²) in [7, 11) is 1.57. The van der Waals surface area contributed by atoms with Crippen molar-refractivity contribution in [1.29, 1.82) is 0 Å². The molecule has 0 aliphatic carbocycles. The van der Waals surface area contributed by atoms with Gasteiger partial charge in [-0.2, -0.15) is 13.2 Å². The molecule has 2 N–H and O–H groups in total. The van der Waals surface area contributed by atoms with E-state index in [-0.39, 0.29) is 16.8 Å². The first-order chi connectivity index (χ1) is 11.9. The van der Waals surface area contributed by atoms with E-state index in [0.717, 1.165) is 34.4 Å². The molecule has 0 radical (unpaired) electrons. The summed E-state index contributed by atoms with van der Waals surface area (Å²) in [4.78, 5) is 11.8. The van der Waals surface area contributed by atoms with Gasteiger partial charge in [0.2, 0.25) is 11.0 Å². The molecule has 0 aliphatic heterocycles. The van der Waals surface area contributed by atoms with Crippen molar-refractivity contribution in [1.82, 2.24) is 15.5 Å². The molecular weight excluding hydrogens is 377 g/mol. The molecule has 0 atom stereocenters. The fraction of sp³-hybridized carbons (Fsp3) is 0.357. The Morgan fingerprint density at radius 1 is 1.28 bits per heavy atom. The molecule has 1 amide bonds. The second kappa shape index (κ2) is 8.90. The molecular formula is C14H15F3N4O2S2. The lowest BCUT2D eigenvalue weighted by Crippen LogP contribution is -2.24. The maximum Gasteiger partial charge on any atom is 0.405 e. The van der Waals surface area contributed by atoms with Gasteiger partial charge in [-0.15, -0.1) is 10.2 Å². The number of alkyl halides is 3. The quantitative estimate of drug-likeness (QED) is 0.673. The number of rotatable bonds is 8. The Bertz CT molecular complexity index is 692. The Labute approximate surface area is 150 Å². The largest absolute Gasteiger partial charge is 0.497 e. The molecule has 0 saturated carbocycles. The monoisotopic (exact) mass is 392 g/mol. The van der Waals surface area contributed by atoms with Crippen molar-refractivity contribution < 1.29 is 22.7 Å². The lowest BCUT2D eigenvalue weighted by atomic mass is 10.2. The number of benzene rings is 1. The van der Waals surface area contributed by atoms with E-state index in [4.69, 9.17) is 4.74 Å². The third kappa shape index (κ3) is 7.18. The molecule has 1 aromatic heterocycles. The zero-order chi connectivity index (χ0) is 18.3. The second-order valence-electron chi connectivity index (χ2n) is 4.76. The van der Waals surface area contributed by atoms with Crippen molar-refractivity contribution in [3.05, 3.63) is 29.8 Å². The topological polar surface area (TPSA) is 76.1 Å². The number of halogens is 3. The number of thioether (sulfide) groups is 1. The summed E-state index contributed by atoms with van der Waals surface area (Å²) in [6.07, 6.45) is -4.32. The van der Waals surface area contributed by atoms with Crippen LogP contribution in [0.3, 0.4) is 0 Å². The number of aromatic nitrogens is 2. The maximum atomic E-state index is 12.1. The van der Waals surface area contributed by atoms with Crippen molar-refractivity contribution in [3.63, 3.8) is 0 Å². The van der Waals surface area contributed by atoms with Gasteiger partial charge in [0, 0.05) is 6.54 Å². The van der Waals surface area contributed by atoms with E-state index in [0.29, 0.717) is 10.9 Å². The van der Waals surface area contributed by atoms with Crippen LogP contribution in [0.4, 0.5) is 18.3 Å². The molecule has 0 aliphatic rings. The first-order valence-electron chi connectivity index (χ1n) is 7.02. The Kier molecular flexibility index (Phi) is 6.88. The molecule has 0 fully saturated rings. The van der Waals surface area contributed by atoms with Crippen LogP contribution in [0.15, 0.2) is 28.6 Å². The molecule has 0 spiro atoms. The summed E-state index contributed by atoms with van der Waals surface area (Å²) in [6.45, 7) is -0.799. The zero-order valence-electron chi connectivity index (χ0n) is 13.1. The van der Waals surface area contributed by atoms with Crippen LogP contribution in [0.1, 0.15) is 5.56 Å². The van der Waals surface area contributed by atoms with Crippen LogP contribution in [0.25, 0.3) is 0 Å². The highest BCUT2D eigenvalue weighted by atomic mass is 32.2. The fourth-order valence-corrected chi connectivity index (χ4v) is 3.22. The van der Waals surface area contributed by atoms with Crippen LogP contribution < -0.4 is 15.4 Å². The highest BCUT2D eigenvalue weighted by Crippen LogP contribution is 2.26. The predicted molar refractivity (Wildman–Crippen MR) is 90.0 cm³/mol. The van der Waals surface area contributed by atoms with Gasteiger partial charge < -0.3 is 15.4 Å². The van der Waals surface area contributed by atoms with E-state index >= 15 is 0 Å². The van der Waals surface area contributed by atoms with E-state index in [1.165, 1.54) is 0 Å². The van der Waals surface area contributed by atoms with E-state index < -0.39 is 12.7 Å². The first-order valence-corrected chi connectivity index (χ1v) is 8.82. The number of methoxy groups -OCH3 is 1. The Morgan fingerprint density at radius 2 is 2.00 bits per heavy atom. The summed E-state index contributed by atoms with van der Waals surface area (Å²) in [6, 6.07) is 7.28. The molecule has 25 heavy (non-hydrogen) atoms. The number of nitrogens with one attached hydrogen (secondary N) is 2. The minimum Gasteiger partial charge on any atom is -0.497 e. The molecule has 0 bridgehead atoms. The number of anilines is 1. The van der Waals surface area contributed by atoms with Crippen LogP contribution in [-0.4, -0.2) is 41.7 Å². The van der Waals surface area contributed by atoms with Crippen molar-refractivity contribution >= 4 is 34.1 Å². The third-order valence-corrected chi connectivity index (χ3v) is 4.84. The van der Waals surface area contributed by atoms with Crippen LogP contribution in [0.2, 0.25) is 0 Å². The van der Waals surface area contributed by atoms with Crippen molar-refractivity contribution in [2.24, 2.45) is 0 Å². The van der Waals surface area contributed by atoms with Gasteiger partial charge in [0.25, 0.3) is 0 Å². The van der Waals surface area contributed by atoms with Crippen molar-refractivity contribution in [2.45, 2.75) is 17.1 Å². The summed E-state index contributed by atoms with van der Waals surface area (Å²) in [5.41, 5.74) is 0.925. The number of nitrogens with zero attached hydrogens (tertiary/aromatic N) is 2. The van der Waals surface area contributed by atoms with Crippen LogP contribution in [0, 0.1) is 0 Å². The van der Waals surface area contributed by atoms with Gasteiger partial charge in [-0.05, 0) is 17.7 Å². The lowest BCUT2D eigenvalue weighted by Gasteiger charge is -2.05. The molecule has 136 valence electrons. The van der Waals surface area contributed by atoms with Crippen LogP contribution in [0.5, 0.6) is 5.75 Å². The highest BCUT2D eigenvalue weighted by molar-refractivity contribution is 8.01. The molecule has 1 aromatic carbocycles. The zero-order valence-corrected chi connectivity index (χ0v) is 14.7. The molecule has 0 saturated heterocycles. The molecule has 2 rings (SSSR count). The highest BCUT2D eigenvalue weighted by Gasteiger charge is 2.27. The number of hydrogen-bond donors (Lipinski definition) is 2. The molecule has 1 heterocycles. The summed E-state index contributed by atoms with van der Waals surface area (Å²) < 4.78 is 41.8. The van der Waals surface area contributed by atoms with Gasteiger partial charge in [-0.3, -0.25) is 4.79 Å². The van der Waals surface area contributed by atoms with Gasteiger partial charge in [-0.25, -0.2) is 0 Å². The van der Waals surface area contributed by atoms with Crippen molar-refractivity contribution in [3.8, 4) is 5.75 Å². The third-order valence-electron chi connectivity index (χ3n) is 2.82. The Balaban J connectivity index is 1.71. The van der Waals surface area contributed by atoms with Gasteiger partial charge in [0.15, 0.2) is 4.34 Å². The molecule has 0 unspecified atom stereocenters. The first kappa shape index (κ1) is 19.3. The van der Waals surface area contributed by atoms with E-state index in [1.807, 2.05) is 12.1 Å². The number of carbonyl (C=O) groups excluding carboxylic acids is 1. The van der Waals surface area contributed by atoms with E-state index in [9.17, 15) is 18.0 Å². The van der Waals surface area contributed by atoms with Crippen molar-refractivity contribution in [2.75, 3.05) is 24.7 Å². The van der Waals surface area contributed by atoms with E-state index in [1.54, 1.807) is 19.2 Å². The molecule has 11 heteroatoms. The van der Waals surface area contributed by atoms with Crippen LogP contribution >= 0.6 is 23.1 Å². The second-order valence-corrected chi connectivity index (χ2v) is 6.96. The fourth-order valence-electron chi connectivity index (χ4n) is 1.64. The Hall–Kier alpha value is -2.01. The average Bonchev–Trinajstić information content (AvgIpc) is 3.04. The predicted octanol–water partition coefficient (Wildman–Crippen LogP) is 2.93. The van der Waals surface area contributed by atoms with Gasteiger partial charge in [0.05, 0.1) is 12.9 Å². The number of ether oxygens (including phenoxy) is 1. The SMILES string of the molecule is COc1ccc(CNC(=O)CSc2nnc(NCC(F)(F)F)s2)cc1.